The number of nitrogens with zero attached hydrogens (tertiary/aromatic N) is 1. The van der Waals surface area contributed by atoms with Gasteiger partial charge in [-0.05, 0) is 31.4 Å². The number of carbonyl (C=O) groups excluding carboxylic acids is 2. The summed E-state index contributed by atoms with van der Waals surface area (Å²) in [5, 5.41) is 3.67. The Balaban J connectivity index is 1.65. The number of hydrogen-bond acceptors (Lipinski definition) is 3. The van der Waals surface area contributed by atoms with Crippen LogP contribution >= 0.6 is 11.6 Å². The minimum absolute atomic E-state index is 0.0685. The van der Waals surface area contributed by atoms with Crippen LogP contribution in [0, 0.1) is 5.41 Å². The van der Waals surface area contributed by atoms with E-state index in [2.05, 4.69) is 5.32 Å². The second-order valence-corrected chi connectivity index (χ2v) is 8.17. The number of likely N-dealkylation sites (tertiary alicyclic amines) is 1. The van der Waals surface area contributed by atoms with E-state index in [0.29, 0.717) is 43.3 Å². The molecule has 0 spiro atoms. The first-order valence-electron chi connectivity index (χ1n) is 9.23. The molecule has 0 saturated carbocycles. The fourth-order valence-electron chi connectivity index (χ4n) is 2.80. The zero-order valence-electron chi connectivity index (χ0n) is 15.9. The van der Waals surface area contributed by atoms with Crippen molar-refractivity contribution < 1.29 is 14.3 Å². The van der Waals surface area contributed by atoms with Crippen LogP contribution in [0.1, 0.15) is 46.5 Å². The van der Waals surface area contributed by atoms with Gasteiger partial charge in [-0.15, -0.1) is 0 Å². The molecule has 1 saturated heterocycles. The topological polar surface area (TPSA) is 58.6 Å². The molecule has 0 radical (unpaired) electrons. The van der Waals surface area contributed by atoms with Gasteiger partial charge in [-0.3, -0.25) is 9.59 Å². The third-order valence-electron chi connectivity index (χ3n) is 4.49. The number of para-hydroxylation sites is 1. The number of amides is 2. The molecule has 0 atom stereocenters. The van der Waals surface area contributed by atoms with E-state index in [0.717, 1.165) is 12.8 Å². The minimum atomic E-state index is -0.380. The van der Waals surface area contributed by atoms with E-state index >= 15 is 0 Å². The van der Waals surface area contributed by atoms with Gasteiger partial charge in [0.25, 0.3) is 0 Å². The van der Waals surface area contributed by atoms with Crippen LogP contribution in [-0.2, 0) is 9.59 Å². The Morgan fingerprint density at radius 3 is 2.50 bits per heavy atom. The first-order valence-corrected chi connectivity index (χ1v) is 9.61. The lowest BCUT2D eigenvalue weighted by Crippen LogP contribution is -2.49. The molecule has 26 heavy (non-hydrogen) atoms. The number of hydrogen-bond donors (Lipinski definition) is 1. The third kappa shape index (κ3) is 6.20. The SMILES string of the molecule is CC(C)(C)C(=O)NC1CCN(C(=O)CCCOc2ccccc2Cl)CC1. The summed E-state index contributed by atoms with van der Waals surface area (Å²) in [6.45, 7) is 7.58. The highest BCUT2D eigenvalue weighted by Crippen LogP contribution is 2.23. The number of ether oxygens (including phenoxy) is 1. The smallest absolute Gasteiger partial charge is 0.225 e. The van der Waals surface area contributed by atoms with E-state index in [9.17, 15) is 9.59 Å². The molecule has 2 rings (SSSR count). The van der Waals surface area contributed by atoms with Crippen LogP contribution in [-0.4, -0.2) is 42.5 Å². The van der Waals surface area contributed by atoms with Crippen LogP contribution in [0.4, 0.5) is 0 Å². The van der Waals surface area contributed by atoms with Gasteiger partial charge in [0.1, 0.15) is 5.75 Å². The van der Waals surface area contributed by atoms with Gasteiger partial charge < -0.3 is 15.0 Å². The van der Waals surface area contributed by atoms with Gasteiger partial charge in [0.15, 0.2) is 0 Å². The molecule has 1 aromatic rings. The number of rotatable bonds is 6. The van der Waals surface area contributed by atoms with Crippen molar-refractivity contribution in [1.29, 1.82) is 0 Å². The summed E-state index contributed by atoms with van der Waals surface area (Å²) in [6.07, 6.45) is 2.74. The molecule has 144 valence electrons. The van der Waals surface area contributed by atoms with Gasteiger partial charge in [0, 0.05) is 31.0 Å². The number of carbonyl (C=O) groups is 2. The van der Waals surface area contributed by atoms with Gasteiger partial charge in [-0.1, -0.05) is 44.5 Å². The Hall–Kier alpha value is -1.75. The maximum absolute atomic E-state index is 12.3. The van der Waals surface area contributed by atoms with Gasteiger partial charge in [-0.2, -0.15) is 0 Å². The second-order valence-electron chi connectivity index (χ2n) is 7.76. The normalized spacial score (nSPS) is 15.6. The number of halogens is 1. The van der Waals surface area contributed by atoms with Crippen LogP contribution in [0.5, 0.6) is 5.75 Å². The molecule has 0 aromatic heterocycles. The average molecular weight is 381 g/mol. The summed E-state index contributed by atoms with van der Waals surface area (Å²) in [5.74, 6) is 0.865. The van der Waals surface area contributed by atoms with Crippen LogP contribution < -0.4 is 10.1 Å². The van der Waals surface area contributed by atoms with Crippen molar-refractivity contribution in [1.82, 2.24) is 10.2 Å². The summed E-state index contributed by atoms with van der Waals surface area (Å²) in [7, 11) is 0. The molecule has 1 aromatic carbocycles. The first kappa shape index (κ1) is 20.6. The Bertz CT molecular complexity index is 620. The van der Waals surface area contributed by atoms with Crippen molar-refractivity contribution in [2.75, 3.05) is 19.7 Å². The predicted molar refractivity (Wildman–Crippen MR) is 103 cm³/mol. The monoisotopic (exact) mass is 380 g/mol. The zero-order chi connectivity index (χ0) is 19.2. The molecule has 0 bridgehead atoms. The van der Waals surface area contributed by atoms with Crippen molar-refractivity contribution in [3.05, 3.63) is 29.3 Å². The van der Waals surface area contributed by atoms with Crippen molar-refractivity contribution in [3.63, 3.8) is 0 Å². The molecule has 1 N–H and O–H groups in total. The Kier molecular flexibility index (Phi) is 7.33. The summed E-state index contributed by atoms with van der Waals surface area (Å²) in [6, 6.07) is 7.49. The quantitative estimate of drug-likeness (QED) is 0.766. The van der Waals surface area contributed by atoms with Gasteiger partial charge in [-0.25, -0.2) is 0 Å². The highest BCUT2D eigenvalue weighted by atomic mass is 35.5. The van der Waals surface area contributed by atoms with Gasteiger partial charge in [0.05, 0.1) is 11.6 Å². The highest BCUT2D eigenvalue weighted by molar-refractivity contribution is 6.32. The molecule has 1 fully saturated rings. The molecular formula is C20H29ClN2O3. The molecule has 1 aliphatic heterocycles. The van der Waals surface area contributed by atoms with Gasteiger partial charge in [0.2, 0.25) is 11.8 Å². The van der Waals surface area contributed by atoms with Crippen molar-refractivity contribution in [3.8, 4) is 5.75 Å². The maximum atomic E-state index is 12.3. The molecule has 5 nitrogen and oxygen atoms in total. The molecule has 6 heteroatoms. The lowest BCUT2D eigenvalue weighted by Gasteiger charge is -2.33. The van der Waals surface area contributed by atoms with E-state index in [4.69, 9.17) is 16.3 Å². The van der Waals surface area contributed by atoms with E-state index < -0.39 is 0 Å². The molecule has 2 amide bonds. The van der Waals surface area contributed by atoms with E-state index in [1.165, 1.54) is 0 Å². The van der Waals surface area contributed by atoms with E-state index in [1.807, 2.05) is 43.9 Å². The number of piperidine rings is 1. The summed E-state index contributed by atoms with van der Waals surface area (Å²) < 4.78 is 5.62. The average Bonchev–Trinajstić information content (AvgIpc) is 2.59. The molecular weight excluding hydrogens is 352 g/mol. The summed E-state index contributed by atoms with van der Waals surface area (Å²) in [5.41, 5.74) is -0.380. The Labute approximate surface area is 161 Å². The zero-order valence-corrected chi connectivity index (χ0v) is 16.6. The summed E-state index contributed by atoms with van der Waals surface area (Å²) >= 11 is 6.04. The van der Waals surface area contributed by atoms with Crippen LogP contribution in [0.15, 0.2) is 24.3 Å². The Morgan fingerprint density at radius 2 is 1.88 bits per heavy atom. The Morgan fingerprint density at radius 1 is 1.23 bits per heavy atom. The van der Waals surface area contributed by atoms with Crippen LogP contribution in [0.2, 0.25) is 5.02 Å². The van der Waals surface area contributed by atoms with Crippen molar-refractivity contribution in [2.45, 2.75) is 52.5 Å². The number of benzene rings is 1. The minimum Gasteiger partial charge on any atom is -0.492 e. The maximum Gasteiger partial charge on any atom is 0.225 e. The molecule has 0 unspecified atom stereocenters. The van der Waals surface area contributed by atoms with E-state index in [1.54, 1.807) is 6.07 Å². The first-order chi connectivity index (χ1) is 12.3. The lowest BCUT2D eigenvalue weighted by atomic mass is 9.94. The van der Waals surface area contributed by atoms with Crippen LogP contribution in [0.3, 0.4) is 0 Å². The van der Waals surface area contributed by atoms with Gasteiger partial charge >= 0.3 is 0 Å². The second kappa shape index (κ2) is 9.26. The van der Waals surface area contributed by atoms with Crippen LogP contribution in [0.25, 0.3) is 0 Å². The molecule has 1 heterocycles. The van der Waals surface area contributed by atoms with Crippen molar-refractivity contribution in [2.24, 2.45) is 5.41 Å². The largest absolute Gasteiger partial charge is 0.492 e. The predicted octanol–water partition coefficient (Wildman–Crippen LogP) is 3.65. The standard InChI is InChI=1S/C20H29ClN2O3/c1-20(2,3)19(25)22-15-10-12-23(13-11-15)18(24)9-6-14-26-17-8-5-4-7-16(17)21/h4-5,7-8,15H,6,9-14H2,1-3H3,(H,22,25). The molecule has 0 aliphatic carbocycles. The van der Waals surface area contributed by atoms with E-state index in [-0.39, 0.29) is 23.3 Å². The lowest BCUT2D eigenvalue weighted by molar-refractivity contribution is -0.133. The van der Waals surface area contributed by atoms with Crippen molar-refractivity contribution >= 4 is 23.4 Å². The number of nitrogens with one attached hydrogen (secondary N) is 1. The summed E-state index contributed by atoms with van der Waals surface area (Å²) in [4.78, 5) is 26.3. The third-order valence-corrected chi connectivity index (χ3v) is 4.81. The molecule has 1 aliphatic rings. The fourth-order valence-corrected chi connectivity index (χ4v) is 2.99. The highest BCUT2D eigenvalue weighted by Gasteiger charge is 2.27. The fraction of sp³-hybridized carbons (Fsp3) is 0.600.